The predicted molar refractivity (Wildman–Crippen MR) is 63.3 cm³/mol. The number of nitrogens with one attached hydrogen (secondary N) is 1. The molecule has 0 fully saturated rings. The van der Waals surface area contributed by atoms with Gasteiger partial charge in [0.15, 0.2) is 0 Å². The molecular weight excluding hydrogens is 214 g/mol. The third-order valence-electron chi connectivity index (χ3n) is 2.16. The molecule has 0 aliphatic carbocycles. The maximum absolute atomic E-state index is 11.8. The summed E-state index contributed by atoms with van der Waals surface area (Å²) in [4.78, 5) is 15.7. The molecule has 1 aromatic heterocycles. The molecule has 0 bridgehead atoms. The van der Waals surface area contributed by atoms with Crippen molar-refractivity contribution in [1.82, 2.24) is 4.98 Å². The fourth-order valence-corrected chi connectivity index (χ4v) is 1.31. The van der Waals surface area contributed by atoms with Crippen LogP contribution in [0.1, 0.15) is 16.1 Å². The zero-order valence-electron chi connectivity index (χ0n) is 8.92. The molecule has 1 aromatic carbocycles. The van der Waals surface area contributed by atoms with Crippen LogP contribution in [0, 0.1) is 11.3 Å². The number of hydrogen-bond donors (Lipinski definition) is 1. The van der Waals surface area contributed by atoms with Crippen molar-refractivity contribution in [2.24, 2.45) is 0 Å². The Hall–Kier alpha value is -2.67. The molecule has 1 heterocycles. The lowest BCUT2D eigenvalue weighted by atomic mass is 10.2. The van der Waals surface area contributed by atoms with Crippen molar-refractivity contribution in [3.63, 3.8) is 0 Å². The molecule has 0 aliphatic heterocycles. The standard InChI is InChI=1S/C13H9N3O/c14-8-10-6-7-12(15-9-10)13(17)16-11-4-2-1-3-5-11/h1-7,9H,(H,16,17). The molecule has 0 atom stereocenters. The number of para-hydroxylation sites is 1. The third-order valence-corrected chi connectivity index (χ3v) is 2.16. The first-order valence-electron chi connectivity index (χ1n) is 5.02. The minimum atomic E-state index is -0.291. The van der Waals surface area contributed by atoms with E-state index >= 15 is 0 Å². The van der Waals surface area contributed by atoms with Gasteiger partial charge in [-0.15, -0.1) is 0 Å². The van der Waals surface area contributed by atoms with E-state index in [-0.39, 0.29) is 11.6 Å². The van der Waals surface area contributed by atoms with Gasteiger partial charge in [-0.3, -0.25) is 4.79 Å². The van der Waals surface area contributed by atoms with E-state index in [0.717, 1.165) is 0 Å². The number of carbonyl (C=O) groups excluding carboxylic acids is 1. The van der Waals surface area contributed by atoms with Crippen LogP contribution < -0.4 is 5.32 Å². The molecule has 0 aliphatic rings. The molecule has 4 heteroatoms. The molecule has 2 aromatic rings. The van der Waals surface area contributed by atoms with Gasteiger partial charge in [-0.05, 0) is 24.3 Å². The predicted octanol–water partition coefficient (Wildman–Crippen LogP) is 2.21. The van der Waals surface area contributed by atoms with Gasteiger partial charge in [-0.25, -0.2) is 4.98 Å². The van der Waals surface area contributed by atoms with Crippen LogP contribution in [0.25, 0.3) is 0 Å². The Kier molecular flexibility index (Phi) is 3.13. The van der Waals surface area contributed by atoms with E-state index in [0.29, 0.717) is 11.3 Å². The second-order valence-corrected chi connectivity index (χ2v) is 3.36. The molecular formula is C13H9N3O. The molecule has 82 valence electrons. The highest BCUT2D eigenvalue weighted by Crippen LogP contribution is 2.07. The summed E-state index contributed by atoms with van der Waals surface area (Å²) in [5, 5.41) is 11.3. The van der Waals surface area contributed by atoms with Crippen molar-refractivity contribution in [1.29, 1.82) is 5.26 Å². The number of pyridine rings is 1. The molecule has 0 saturated heterocycles. The van der Waals surface area contributed by atoms with Gasteiger partial charge >= 0.3 is 0 Å². The minimum Gasteiger partial charge on any atom is -0.321 e. The van der Waals surface area contributed by atoms with Crippen LogP contribution >= 0.6 is 0 Å². The normalized spacial score (nSPS) is 9.35. The van der Waals surface area contributed by atoms with Crippen LogP contribution in [0.15, 0.2) is 48.7 Å². The molecule has 0 unspecified atom stereocenters. The first-order chi connectivity index (χ1) is 8.29. The van der Waals surface area contributed by atoms with Crippen LogP contribution in [0.3, 0.4) is 0 Å². The van der Waals surface area contributed by atoms with Crippen molar-refractivity contribution in [2.45, 2.75) is 0 Å². The van der Waals surface area contributed by atoms with E-state index in [1.165, 1.54) is 12.3 Å². The summed E-state index contributed by atoms with van der Waals surface area (Å²) in [5.74, 6) is -0.291. The van der Waals surface area contributed by atoms with Gasteiger partial charge in [0.2, 0.25) is 0 Å². The van der Waals surface area contributed by atoms with Gasteiger partial charge in [0.1, 0.15) is 11.8 Å². The number of benzene rings is 1. The van der Waals surface area contributed by atoms with Crippen molar-refractivity contribution in [3.05, 3.63) is 59.9 Å². The maximum atomic E-state index is 11.8. The molecule has 0 radical (unpaired) electrons. The highest BCUT2D eigenvalue weighted by molar-refractivity contribution is 6.02. The Bertz CT molecular complexity index is 555. The molecule has 1 amide bonds. The van der Waals surface area contributed by atoms with Crippen molar-refractivity contribution in [3.8, 4) is 6.07 Å². The molecule has 0 saturated carbocycles. The molecule has 0 spiro atoms. The fourth-order valence-electron chi connectivity index (χ4n) is 1.31. The summed E-state index contributed by atoms with van der Waals surface area (Å²) in [6, 6.07) is 14.2. The van der Waals surface area contributed by atoms with Crippen LogP contribution in [0.5, 0.6) is 0 Å². The zero-order chi connectivity index (χ0) is 12.1. The SMILES string of the molecule is N#Cc1ccc(C(=O)Nc2ccccc2)nc1. The Morgan fingerprint density at radius 3 is 2.53 bits per heavy atom. The van der Waals surface area contributed by atoms with E-state index < -0.39 is 0 Å². The van der Waals surface area contributed by atoms with E-state index in [1.807, 2.05) is 24.3 Å². The monoisotopic (exact) mass is 223 g/mol. The summed E-state index contributed by atoms with van der Waals surface area (Å²) >= 11 is 0. The van der Waals surface area contributed by atoms with E-state index in [1.54, 1.807) is 18.2 Å². The number of carbonyl (C=O) groups is 1. The number of rotatable bonds is 2. The third kappa shape index (κ3) is 2.67. The molecule has 17 heavy (non-hydrogen) atoms. The van der Waals surface area contributed by atoms with Gasteiger partial charge in [-0.2, -0.15) is 5.26 Å². The summed E-state index contributed by atoms with van der Waals surface area (Å²) in [5.41, 5.74) is 1.43. The second kappa shape index (κ2) is 4.90. The smallest absolute Gasteiger partial charge is 0.274 e. The largest absolute Gasteiger partial charge is 0.321 e. The van der Waals surface area contributed by atoms with Crippen LogP contribution in [0.4, 0.5) is 5.69 Å². The molecule has 1 N–H and O–H groups in total. The van der Waals surface area contributed by atoms with Crippen molar-refractivity contribution < 1.29 is 4.79 Å². The van der Waals surface area contributed by atoms with Crippen LogP contribution in [-0.2, 0) is 0 Å². The van der Waals surface area contributed by atoms with Gasteiger partial charge in [-0.1, -0.05) is 18.2 Å². The summed E-state index contributed by atoms with van der Waals surface area (Å²) in [6.45, 7) is 0. The first kappa shape index (κ1) is 10.8. The average molecular weight is 223 g/mol. The van der Waals surface area contributed by atoms with Gasteiger partial charge in [0, 0.05) is 11.9 Å². The van der Waals surface area contributed by atoms with Crippen molar-refractivity contribution >= 4 is 11.6 Å². The molecule has 2 rings (SSSR count). The van der Waals surface area contributed by atoms with E-state index in [2.05, 4.69) is 10.3 Å². The van der Waals surface area contributed by atoms with Crippen LogP contribution in [0.2, 0.25) is 0 Å². The van der Waals surface area contributed by atoms with Gasteiger partial charge in [0.25, 0.3) is 5.91 Å². The number of amides is 1. The van der Waals surface area contributed by atoms with Crippen molar-refractivity contribution in [2.75, 3.05) is 5.32 Å². The zero-order valence-corrected chi connectivity index (χ0v) is 8.92. The molecule has 4 nitrogen and oxygen atoms in total. The fraction of sp³-hybridized carbons (Fsp3) is 0. The number of anilines is 1. The Morgan fingerprint density at radius 1 is 1.18 bits per heavy atom. The summed E-state index contributed by atoms with van der Waals surface area (Å²) in [7, 11) is 0. The highest BCUT2D eigenvalue weighted by atomic mass is 16.1. The van der Waals surface area contributed by atoms with E-state index in [9.17, 15) is 4.79 Å². The van der Waals surface area contributed by atoms with Gasteiger partial charge < -0.3 is 5.32 Å². The topological polar surface area (TPSA) is 65.8 Å². The summed E-state index contributed by atoms with van der Waals surface area (Å²) in [6.07, 6.45) is 1.37. The van der Waals surface area contributed by atoms with Crippen LogP contribution in [-0.4, -0.2) is 10.9 Å². The highest BCUT2D eigenvalue weighted by Gasteiger charge is 2.06. The first-order valence-corrected chi connectivity index (χ1v) is 5.02. The number of nitrogens with zero attached hydrogens (tertiary/aromatic N) is 2. The quantitative estimate of drug-likeness (QED) is 0.848. The van der Waals surface area contributed by atoms with E-state index in [4.69, 9.17) is 5.26 Å². The maximum Gasteiger partial charge on any atom is 0.274 e. The summed E-state index contributed by atoms with van der Waals surface area (Å²) < 4.78 is 0. The number of aromatic nitrogens is 1. The minimum absolute atomic E-state index is 0.285. The lowest BCUT2D eigenvalue weighted by molar-refractivity contribution is 0.102. The number of nitriles is 1. The second-order valence-electron chi connectivity index (χ2n) is 3.36. The Labute approximate surface area is 98.5 Å². The Morgan fingerprint density at radius 2 is 1.94 bits per heavy atom. The lowest BCUT2D eigenvalue weighted by Gasteiger charge is -2.03. The van der Waals surface area contributed by atoms with Gasteiger partial charge in [0.05, 0.1) is 5.56 Å². The average Bonchev–Trinajstić information content (AvgIpc) is 2.40. The Balaban J connectivity index is 2.13. The number of hydrogen-bond acceptors (Lipinski definition) is 3. The lowest BCUT2D eigenvalue weighted by Crippen LogP contribution is -2.13.